The van der Waals surface area contributed by atoms with Gasteiger partial charge in [-0.25, -0.2) is 4.39 Å². The van der Waals surface area contributed by atoms with Crippen LogP contribution in [0.5, 0.6) is 0 Å². The van der Waals surface area contributed by atoms with Crippen LogP contribution in [-0.2, 0) is 6.54 Å². The van der Waals surface area contributed by atoms with E-state index in [1.54, 1.807) is 18.2 Å². The molecule has 0 amide bonds. The fraction of sp³-hybridized carbons (Fsp3) is 0.250. The second kappa shape index (κ2) is 6.50. The highest BCUT2D eigenvalue weighted by molar-refractivity contribution is 5.41. The van der Waals surface area contributed by atoms with Gasteiger partial charge in [-0.15, -0.1) is 0 Å². The molecule has 3 nitrogen and oxygen atoms in total. The summed E-state index contributed by atoms with van der Waals surface area (Å²) in [7, 11) is 1.89. The van der Waals surface area contributed by atoms with Crippen LogP contribution in [0, 0.1) is 5.82 Å². The third kappa shape index (κ3) is 4.05. The summed E-state index contributed by atoms with van der Waals surface area (Å²) in [6.45, 7) is 1.04. The van der Waals surface area contributed by atoms with E-state index in [1.807, 2.05) is 30.1 Å². The molecule has 0 heterocycles. The molecule has 0 bridgehead atoms. The lowest BCUT2D eigenvalue weighted by molar-refractivity contribution is 0.124. The zero-order chi connectivity index (χ0) is 14.5. The van der Waals surface area contributed by atoms with Crippen LogP contribution in [0.2, 0.25) is 0 Å². The molecular formula is C16H19FN2O. The van der Waals surface area contributed by atoms with Crippen LogP contribution in [0.25, 0.3) is 0 Å². The molecule has 20 heavy (non-hydrogen) atoms. The summed E-state index contributed by atoms with van der Waals surface area (Å²) in [6, 6.07) is 13.7. The number of nitrogen functional groups attached to an aromatic ring is 1. The number of anilines is 1. The Morgan fingerprint density at radius 1 is 1.20 bits per heavy atom. The maximum atomic E-state index is 13.1. The number of benzene rings is 2. The fourth-order valence-corrected chi connectivity index (χ4v) is 2.18. The summed E-state index contributed by atoms with van der Waals surface area (Å²) in [5, 5.41) is 10.2. The van der Waals surface area contributed by atoms with Gasteiger partial charge >= 0.3 is 0 Å². The van der Waals surface area contributed by atoms with Crippen LogP contribution in [0.4, 0.5) is 10.1 Å². The van der Waals surface area contributed by atoms with Crippen molar-refractivity contribution in [3.63, 3.8) is 0 Å². The molecule has 0 aliphatic carbocycles. The highest BCUT2D eigenvalue weighted by Gasteiger charge is 2.11. The van der Waals surface area contributed by atoms with E-state index in [-0.39, 0.29) is 5.82 Å². The van der Waals surface area contributed by atoms with Crippen molar-refractivity contribution in [1.29, 1.82) is 0 Å². The number of nitrogens with zero attached hydrogens (tertiary/aromatic N) is 1. The highest BCUT2D eigenvalue weighted by atomic mass is 19.1. The maximum Gasteiger partial charge on any atom is 0.123 e. The van der Waals surface area contributed by atoms with Crippen LogP contribution in [0.1, 0.15) is 17.2 Å². The van der Waals surface area contributed by atoms with Gasteiger partial charge in [0.25, 0.3) is 0 Å². The number of aliphatic hydroxyl groups is 1. The average molecular weight is 274 g/mol. The molecule has 3 N–H and O–H groups in total. The Hall–Kier alpha value is -1.91. The Bertz CT molecular complexity index is 574. The Morgan fingerprint density at radius 3 is 2.65 bits per heavy atom. The van der Waals surface area contributed by atoms with Crippen molar-refractivity contribution in [3.05, 3.63) is 65.5 Å². The number of aliphatic hydroxyl groups excluding tert-OH is 1. The molecular weight excluding hydrogens is 255 g/mol. The van der Waals surface area contributed by atoms with Crippen molar-refractivity contribution >= 4 is 5.69 Å². The Morgan fingerprint density at radius 2 is 1.95 bits per heavy atom. The number of hydrogen-bond donors (Lipinski definition) is 2. The molecule has 1 unspecified atom stereocenters. The molecule has 0 saturated heterocycles. The lowest BCUT2D eigenvalue weighted by Gasteiger charge is -2.21. The molecule has 0 spiro atoms. The van der Waals surface area contributed by atoms with E-state index in [1.165, 1.54) is 12.1 Å². The standard InChI is InChI=1S/C16H19FN2O/c1-19(10-12-4-2-6-14(17)8-12)11-16(20)13-5-3-7-15(18)9-13/h2-9,16,20H,10-11,18H2,1H3. The van der Waals surface area contributed by atoms with E-state index in [0.29, 0.717) is 18.8 Å². The Balaban J connectivity index is 1.95. The third-order valence-corrected chi connectivity index (χ3v) is 3.12. The van der Waals surface area contributed by atoms with Crippen molar-refractivity contribution in [1.82, 2.24) is 4.90 Å². The average Bonchev–Trinajstić information content (AvgIpc) is 2.38. The minimum atomic E-state index is -0.614. The van der Waals surface area contributed by atoms with Gasteiger partial charge in [0.2, 0.25) is 0 Å². The summed E-state index contributed by atoms with van der Waals surface area (Å²) < 4.78 is 13.1. The van der Waals surface area contributed by atoms with Crippen LogP contribution in [0.15, 0.2) is 48.5 Å². The normalized spacial score (nSPS) is 12.6. The maximum absolute atomic E-state index is 13.1. The van der Waals surface area contributed by atoms with E-state index in [2.05, 4.69) is 0 Å². The Kier molecular flexibility index (Phi) is 4.71. The summed E-state index contributed by atoms with van der Waals surface area (Å²) in [5.41, 5.74) is 8.00. The first-order valence-electron chi connectivity index (χ1n) is 6.51. The second-order valence-electron chi connectivity index (χ2n) is 5.01. The van der Waals surface area contributed by atoms with E-state index in [4.69, 9.17) is 5.73 Å². The molecule has 0 fully saturated rings. The highest BCUT2D eigenvalue weighted by Crippen LogP contribution is 2.17. The molecule has 2 aromatic rings. The van der Waals surface area contributed by atoms with Gasteiger partial charge in [0.1, 0.15) is 5.82 Å². The lowest BCUT2D eigenvalue weighted by atomic mass is 10.1. The number of halogens is 1. The molecule has 106 valence electrons. The zero-order valence-corrected chi connectivity index (χ0v) is 11.5. The molecule has 0 aliphatic heterocycles. The first-order chi connectivity index (χ1) is 9.54. The molecule has 4 heteroatoms. The van der Waals surface area contributed by atoms with Gasteiger partial charge in [0.05, 0.1) is 6.10 Å². The van der Waals surface area contributed by atoms with E-state index >= 15 is 0 Å². The molecule has 0 aromatic heterocycles. The predicted octanol–water partition coefficient (Wildman–Crippen LogP) is 2.57. The minimum Gasteiger partial charge on any atom is -0.399 e. The molecule has 0 aliphatic rings. The van der Waals surface area contributed by atoms with E-state index in [9.17, 15) is 9.50 Å². The largest absolute Gasteiger partial charge is 0.399 e. The predicted molar refractivity (Wildman–Crippen MR) is 78.5 cm³/mol. The Labute approximate surface area is 118 Å². The van der Waals surface area contributed by atoms with Crippen LogP contribution in [-0.4, -0.2) is 23.6 Å². The minimum absolute atomic E-state index is 0.243. The smallest absolute Gasteiger partial charge is 0.123 e. The number of likely N-dealkylation sites (N-methyl/N-ethyl adjacent to an activating group) is 1. The third-order valence-electron chi connectivity index (χ3n) is 3.12. The summed E-state index contributed by atoms with van der Waals surface area (Å²) >= 11 is 0. The number of rotatable bonds is 5. The van der Waals surface area contributed by atoms with Gasteiger partial charge in [0.15, 0.2) is 0 Å². The topological polar surface area (TPSA) is 49.5 Å². The first-order valence-corrected chi connectivity index (χ1v) is 6.51. The summed E-state index contributed by atoms with van der Waals surface area (Å²) in [5.74, 6) is -0.243. The van der Waals surface area contributed by atoms with Gasteiger partial charge in [-0.3, -0.25) is 4.90 Å². The molecule has 1 atom stereocenters. The molecule has 0 radical (unpaired) electrons. The molecule has 2 rings (SSSR count). The number of nitrogens with two attached hydrogens (primary N) is 1. The summed E-state index contributed by atoms with van der Waals surface area (Å²) in [6.07, 6.45) is -0.614. The van der Waals surface area contributed by atoms with Gasteiger partial charge in [-0.1, -0.05) is 24.3 Å². The summed E-state index contributed by atoms with van der Waals surface area (Å²) in [4.78, 5) is 1.95. The quantitative estimate of drug-likeness (QED) is 0.824. The second-order valence-corrected chi connectivity index (χ2v) is 5.01. The van der Waals surface area contributed by atoms with E-state index in [0.717, 1.165) is 11.1 Å². The van der Waals surface area contributed by atoms with Crippen molar-refractivity contribution in [3.8, 4) is 0 Å². The lowest BCUT2D eigenvalue weighted by Crippen LogP contribution is -2.24. The molecule has 2 aromatic carbocycles. The fourth-order valence-electron chi connectivity index (χ4n) is 2.18. The van der Waals surface area contributed by atoms with Crippen molar-refractivity contribution < 1.29 is 9.50 Å². The van der Waals surface area contributed by atoms with Crippen molar-refractivity contribution in [2.45, 2.75) is 12.6 Å². The molecule has 0 saturated carbocycles. The van der Waals surface area contributed by atoms with Crippen molar-refractivity contribution in [2.24, 2.45) is 0 Å². The number of hydrogen-bond acceptors (Lipinski definition) is 3. The van der Waals surface area contributed by atoms with Crippen molar-refractivity contribution in [2.75, 3.05) is 19.3 Å². The monoisotopic (exact) mass is 274 g/mol. The SMILES string of the molecule is CN(Cc1cccc(F)c1)CC(O)c1cccc(N)c1. The van der Waals surface area contributed by atoms with Crippen LogP contribution >= 0.6 is 0 Å². The van der Waals surface area contributed by atoms with Gasteiger partial charge in [0, 0.05) is 18.8 Å². The van der Waals surface area contributed by atoms with Gasteiger partial charge < -0.3 is 10.8 Å². The van der Waals surface area contributed by atoms with Gasteiger partial charge in [-0.2, -0.15) is 0 Å². The zero-order valence-electron chi connectivity index (χ0n) is 11.5. The first kappa shape index (κ1) is 14.5. The van der Waals surface area contributed by atoms with Crippen LogP contribution < -0.4 is 5.73 Å². The van der Waals surface area contributed by atoms with E-state index < -0.39 is 6.10 Å². The van der Waals surface area contributed by atoms with Crippen LogP contribution in [0.3, 0.4) is 0 Å². The van der Waals surface area contributed by atoms with Gasteiger partial charge in [-0.05, 0) is 42.4 Å².